The van der Waals surface area contributed by atoms with Gasteiger partial charge in [0.2, 0.25) is 5.91 Å². The van der Waals surface area contributed by atoms with Crippen molar-refractivity contribution in [1.82, 2.24) is 5.43 Å². The molecule has 5 rings (SSSR count). The van der Waals surface area contributed by atoms with Gasteiger partial charge in [-0.05, 0) is 70.6 Å². The van der Waals surface area contributed by atoms with Crippen LogP contribution in [-0.2, 0) is 11.4 Å². The van der Waals surface area contributed by atoms with Crippen molar-refractivity contribution in [3.8, 4) is 22.6 Å². The predicted octanol–water partition coefficient (Wildman–Crippen LogP) is 7.27. The standard InChI is InChI=1S/C31H27ClN2O3S/c1-2-36-29-17-21(14-15-28(29)37-19-22-8-7-9-23(32)16-22)18-33-34-30(35)20-38-31-26-12-5-3-10-24(26)25-11-4-6-13-27(25)31/h3-18,31H,2,19-20H2,1H3,(H,34,35)/b33-18-. The van der Waals surface area contributed by atoms with Crippen LogP contribution in [-0.4, -0.2) is 24.5 Å². The van der Waals surface area contributed by atoms with Gasteiger partial charge in [-0.2, -0.15) is 5.10 Å². The second kappa shape index (κ2) is 12.2. The molecule has 7 heteroatoms. The molecule has 1 aliphatic rings. The summed E-state index contributed by atoms with van der Waals surface area (Å²) in [6.07, 6.45) is 1.60. The van der Waals surface area contributed by atoms with E-state index in [-0.39, 0.29) is 11.2 Å². The Morgan fingerprint density at radius 3 is 2.37 bits per heavy atom. The summed E-state index contributed by atoms with van der Waals surface area (Å²) < 4.78 is 11.7. The molecule has 1 amide bonds. The molecular formula is C31H27ClN2O3S. The van der Waals surface area contributed by atoms with Crippen LogP contribution in [0.15, 0.2) is 96.1 Å². The van der Waals surface area contributed by atoms with Gasteiger partial charge in [0, 0.05) is 5.02 Å². The van der Waals surface area contributed by atoms with Crippen molar-refractivity contribution in [2.24, 2.45) is 5.10 Å². The molecule has 0 saturated carbocycles. The van der Waals surface area contributed by atoms with Gasteiger partial charge in [-0.1, -0.05) is 72.3 Å². The fourth-order valence-electron chi connectivity index (χ4n) is 4.44. The minimum absolute atomic E-state index is 0.130. The highest BCUT2D eigenvalue weighted by atomic mass is 35.5. The second-order valence-electron chi connectivity index (χ2n) is 8.72. The van der Waals surface area contributed by atoms with Crippen LogP contribution in [0.3, 0.4) is 0 Å². The highest BCUT2D eigenvalue weighted by Gasteiger charge is 2.28. The molecule has 0 saturated heterocycles. The smallest absolute Gasteiger partial charge is 0.250 e. The number of ether oxygens (including phenoxy) is 2. The van der Waals surface area contributed by atoms with Crippen molar-refractivity contribution >= 4 is 35.5 Å². The zero-order chi connectivity index (χ0) is 26.3. The summed E-state index contributed by atoms with van der Waals surface area (Å²) in [5.41, 5.74) is 9.37. The molecule has 0 fully saturated rings. The van der Waals surface area contributed by atoms with Gasteiger partial charge in [0.15, 0.2) is 11.5 Å². The fraction of sp³-hybridized carbons (Fsp3) is 0.161. The molecule has 0 unspecified atom stereocenters. The van der Waals surface area contributed by atoms with Gasteiger partial charge in [0.1, 0.15) is 6.61 Å². The van der Waals surface area contributed by atoms with Crippen LogP contribution < -0.4 is 14.9 Å². The third-order valence-electron chi connectivity index (χ3n) is 6.11. The van der Waals surface area contributed by atoms with E-state index in [1.165, 1.54) is 22.3 Å². The largest absolute Gasteiger partial charge is 0.490 e. The van der Waals surface area contributed by atoms with Crippen molar-refractivity contribution in [2.45, 2.75) is 18.8 Å². The van der Waals surface area contributed by atoms with Gasteiger partial charge in [0.05, 0.1) is 23.8 Å². The predicted molar refractivity (Wildman–Crippen MR) is 155 cm³/mol. The van der Waals surface area contributed by atoms with Crippen LogP contribution in [0.5, 0.6) is 11.5 Å². The van der Waals surface area contributed by atoms with E-state index in [9.17, 15) is 4.79 Å². The number of fused-ring (bicyclic) bond motifs is 3. The molecule has 5 nitrogen and oxygen atoms in total. The van der Waals surface area contributed by atoms with E-state index in [4.69, 9.17) is 21.1 Å². The number of hydrazone groups is 1. The zero-order valence-electron chi connectivity index (χ0n) is 20.9. The molecule has 0 radical (unpaired) electrons. The molecule has 0 atom stereocenters. The van der Waals surface area contributed by atoms with Crippen molar-refractivity contribution < 1.29 is 14.3 Å². The lowest BCUT2D eigenvalue weighted by Crippen LogP contribution is -2.20. The van der Waals surface area contributed by atoms with Crippen LogP contribution in [0.25, 0.3) is 11.1 Å². The van der Waals surface area contributed by atoms with Crippen molar-refractivity contribution in [2.75, 3.05) is 12.4 Å². The van der Waals surface area contributed by atoms with Crippen LogP contribution in [0.2, 0.25) is 5.02 Å². The minimum atomic E-state index is -0.153. The topological polar surface area (TPSA) is 59.9 Å². The Bertz CT molecular complexity index is 1430. The maximum Gasteiger partial charge on any atom is 0.250 e. The molecule has 0 heterocycles. The summed E-state index contributed by atoms with van der Waals surface area (Å²) in [6, 6.07) is 29.9. The molecule has 4 aromatic carbocycles. The van der Waals surface area contributed by atoms with Crippen molar-refractivity contribution in [3.63, 3.8) is 0 Å². The average molecular weight is 543 g/mol. The molecule has 0 aliphatic heterocycles. The first-order chi connectivity index (χ1) is 18.6. The third kappa shape index (κ3) is 6.04. The Balaban J connectivity index is 1.18. The second-order valence-corrected chi connectivity index (χ2v) is 10.2. The summed E-state index contributed by atoms with van der Waals surface area (Å²) in [4.78, 5) is 12.6. The first kappa shape index (κ1) is 25.9. The monoisotopic (exact) mass is 542 g/mol. The Morgan fingerprint density at radius 2 is 1.66 bits per heavy atom. The number of benzene rings is 4. The van der Waals surface area contributed by atoms with Crippen molar-refractivity contribution in [3.05, 3.63) is 118 Å². The van der Waals surface area contributed by atoms with Gasteiger partial charge < -0.3 is 9.47 Å². The van der Waals surface area contributed by atoms with Gasteiger partial charge in [-0.3, -0.25) is 4.79 Å². The van der Waals surface area contributed by atoms with Crippen molar-refractivity contribution in [1.29, 1.82) is 0 Å². The Kier molecular flexibility index (Phi) is 8.31. The molecule has 0 aromatic heterocycles. The number of amides is 1. The van der Waals surface area contributed by atoms with Crippen LogP contribution in [0, 0.1) is 0 Å². The quantitative estimate of drug-likeness (QED) is 0.169. The molecule has 0 spiro atoms. The van der Waals surface area contributed by atoms with Gasteiger partial charge in [-0.25, -0.2) is 5.43 Å². The number of carbonyl (C=O) groups excluding carboxylic acids is 1. The number of hydrogen-bond donors (Lipinski definition) is 1. The summed E-state index contributed by atoms with van der Waals surface area (Å²) in [7, 11) is 0. The lowest BCUT2D eigenvalue weighted by atomic mass is 10.1. The number of thioether (sulfide) groups is 1. The first-order valence-corrected chi connectivity index (χ1v) is 13.8. The first-order valence-electron chi connectivity index (χ1n) is 12.4. The fourth-order valence-corrected chi connectivity index (χ4v) is 5.81. The summed E-state index contributed by atoms with van der Waals surface area (Å²) in [5, 5.41) is 4.96. The minimum Gasteiger partial charge on any atom is -0.490 e. The number of nitrogens with zero attached hydrogens (tertiary/aromatic N) is 1. The average Bonchev–Trinajstić information content (AvgIpc) is 3.25. The van der Waals surface area contributed by atoms with E-state index in [1.54, 1.807) is 18.0 Å². The SMILES string of the molecule is CCOc1cc(/C=N\NC(=O)CSC2c3ccccc3-c3ccccc32)ccc1OCc1cccc(Cl)c1. The van der Waals surface area contributed by atoms with E-state index in [1.807, 2.05) is 61.5 Å². The summed E-state index contributed by atoms with van der Waals surface area (Å²) in [6.45, 7) is 2.79. The molecular weight excluding hydrogens is 516 g/mol. The van der Waals surface area contributed by atoms with E-state index in [0.717, 1.165) is 11.1 Å². The van der Waals surface area contributed by atoms with Crippen LogP contribution in [0.4, 0.5) is 0 Å². The van der Waals surface area contributed by atoms with Gasteiger partial charge in [0.25, 0.3) is 0 Å². The Morgan fingerprint density at radius 1 is 0.921 bits per heavy atom. The van der Waals surface area contributed by atoms with Crippen LogP contribution in [0.1, 0.15) is 34.4 Å². The molecule has 38 heavy (non-hydrogen) atoms. The highest BCUT2D eigenvalue weighted by Crippen LogP contribution is 2.49. The number of nitrogens with one attached hydrogen (secondary N) is 1. The molecule has 192 valence electrons. The lowest BCUT2D eigenvalue weighted by molar-refractivity contribution is -0.118. The van der Waals surface area contributed by atoms with Gasteiger partial charge in [-0.15, -0.1) is 11.8 Å². The molecule has 0 bridgehead atoms. The lowest BCUT2D eigenvalue weighted by Gasteiger charge is -2.13. The number of rotatable bonds is 10. The van der Waals surface area contributed by atoms with E-state index in [0.29, 0.717) is 35.5 Å². The molecule has 1 N–H and O–H groups in total. The van der Waals surface area contributed by atoms with E-state index >= 15 is 0 Å². The Hall–Kier alpha value is -3.74. The number of hydrogen-bond acceptors (Lipinski definition) is 5. The molecule has 4 aromatic rings. The van der Waals surface area contributed by atoms with E-state index in [2.05, 4.69) is 46.9 Å². The van der Waals surface area contributed by atoms with Gasteiger partial charge >= 0.3 is 0 Å². The maximum absolute atomic E-state index is 12.6. The Labute approximate surface area is 231 Å². The highest BCUT2D eigenvalue weighted by molar-refractivity contribution is 8.00. The summed E-state index contributed by atoms with van der Waals surface area (Å²) in [5.74, 6) is 1.38. The maximum atomic E-state index is 12.6. The zero-order valence-corrected chi connectivity index (χ0v) is 22.5. The number of carbonyl (C=O) groups is 1. The third-order valence-corrected chi connectivity index (χ3v) is 7.62. The normalized spacial score (nSPS) is 12.3. The van der Waals surface area contributed by atoms with Crippen LogP contribution >= 0.6 is 23.4 Å². The number of halogens is 1. The molecule has 1 aliphatic carbocycles. The van der Waals surface area contributed by atoms with E-state index < -0.39 is 0 Å². The summed E-state index contributed by atoms with van der Waals surface area (Å²) >= 11 is 7.67.